The number of aliphatic carboxylic acids is 1. The third-order valence-corrected chi connectivity index (χ3v) is 4.68. The number of nitrogens with zero attached hydrogens (tertiary/aromatic N) is 3. The Kier molecular flexibility index (Phi) is 4.73. The molecule has 8 nitrogen and oxygen atoms in total. The van der Waals surface area contributed by atoms with Crippen molar-refractivity contribution in [3.05, 3.63) is 24.2 Å². The van der Waals surface area contributed by atoms with Crippen LogP contribution >= 0.6 is 0 Å². The lowest BCUT2D eigenvalue weighted by Crippen LogP contribution is -2.55. The number of urea groups is 1. The van der Waals surface area contributed by atoms with E-state index in [2.05, 4.69) is 0 Å². The lowest BCUT2D eigenvalue weighted by molar-refractivity contribution is -0.143. The van der Waals surface area contributed by atoms with Crippen molar-refractivity contribution in [1.82, 2.24) is 14.7 Å². The molecule has 2 saturated heterocycles. The van der Waals surface area contributed by atoms with Gasteiger partial charge < -0.3 is 24.2 Å². The zero-order valence-corrected chi connectivity index (χ0v) is 13.4. The van der Waals surface area contributed by atoms with Crippen molar-refractivity contribution >= 4 is 17.9 Å². The first-order valence-electron chi connectivity index (χ1n) is 8.15. The van der Waals surface area contributed by atoms with E-state index in [-0.39, 0.29) is 17.9 Å². The fourth-order valence-corrected chi connectivity index (χ4v) is 3.17. The predicted octanol–water partition coefficient (Wildman–Crippen LogP) is 0.954. The van der Waals surface area contributed by atoms with E-state index in [4.69, 9.17) is 9.52 Å². The monoisotopic (exact) mass is 335 g/mol. The van der Waals surface area contributed by atoms with Crippen molar-refractivity contribution in [1.29, 1.82) is 0 Å². The van der Waals surface area contributed by atoms with Crippen molar-refractivity contribution < 1.29 is 23.9 Å². The molecular weight excluding hydrogens is 314 g/mol. The Hall–Kier alpha value is -2.51. The molecule has 1 aromatic rings. The van der Waals surface area contributed by atoms with Gasteiger partial charge in [0.25, 0.3) is 5.91 Å². The number of furan rings is 1. The second-order valence-electron chi connectivity index (χ2n) is 6.14. The quantitative estimate of drug-likeness (QED) is 0.868. The average molecular weight is 335 g/mol. The van der Waals surface area contributed by atoms with Gasteiger partial charge in [-0.05, 0) is 25.0 Å². The van der Waals surface area contributed by atoms with Gasteiger partial charge in [0.15, 0.2) is 5.76 Å². The van der Waals surface area contributed by atoms with E-state index >= 15 is 0 Å². The molecule has 0 bridgehead atoms. The number of hydrogen-bond donors (Lipinski definition) is 1. The van der Waals surface area contributed by atoms with Crippen molar-refractivity contribution in [3.8, 4) is 0 Å². The van der Waals surface area contributed by atoms with E-state index in [1.165, 1.54) is 6.26 Å². The maximum atomic E-state index is 12.5. The minimum atomic E-state index is -0.785. The fourth-order valence-electron chi connectivity index (χ4n) is 3.17. The summed E-state index contributed by atoms with van der Waals surface area (Å²) in [7, 11) is 0. The summed E-state index contributed by atoms with van der Waals surface area (Å²) in [6, 6.07) is 3.24. The van der Waals surface area contributed by atoms with Gasteiger partial charge in [0, 0.05) is 39.3 Å². The van der Waals surface area contributed by atoms with Crippen LogP contribution in [0.3, 0.4) is 0 Å². The van der Waals surface area contributed by atoms with Gasteiger partial charge in [-0.25, -0.2) is 4.79 Å². The van der Waals surface area contributed by atoms with E-state index in [0.717, 1.165) is 0 Å². The van der Waals surface area contributed by atoms with Crippen LogP contribution in [0.1, 0.15) is 23.4 Å². The molecule has 0 saturated carbocycles. The molecule has 1 N–H and O–H groups in total. The minimum absolute atomic E-state index is 0.0658. The lowest BCUT2D eigenvalue weighted by Gasteiger charge is -2.39. The molecule has 24 heavy (non-hydrogen) atoms. The number of piperidine rings is 1. The van der Waals surface area contributed by atoms with Crippen LogP contribution in [-0.2, 0) is 4.79 Å². The number of carboxylic acid groups (broad SMARTS) is 1. The molecule has 1 aromatic heterocycles. The van der Waals surface area contributed by atoms with Gasteiger partial charge in [-0.1, -0.05) is 0 Å². The number of carboxylic acids is 1. The Bertz CT molecular complexity index is 599. The molecule has 2 aliphatic heterocycles. The molecule has 130 valence electrons. The minimum Gasteiger partial charge on any atom is -0.481 e. The molecule has 0 spiro atoms. The second kappa shape index (κ2) is 6.94. The summed E-state index contributed by atoms with van der Waals surface area (Å²) in [6.45, 7) is 2.84. The molecular formula is C16H21N3O5. The molecule has 0 atom stereocenters. The van der Waals surface area contributed by atoms with Crippen molar-refractivity contribution in [2.75, 3.05) is 39.3 Å². The van der Waals surface area contributed by atoms with Crippen LogP contribution in [0.25, 0.3) is 0 Å². The molecule has 2 aliphatic rings. The first kappa shape index (κ1) is 16.4. The summed E-state index contributed by atoms with van der Waals surface area (Å²) in [5.41, 5.74) is 0. The van der Waals surface area contributed by atoms with E-state index < -0.39 is 5.97 Å². The van der Waals surface area contributed by atoms with Crippen LogP contribution in [0.4, 0.5) is 4.79 Å². The first-order chi connectivity index (χ1) is 11.6. The number of likely N-dealkylation sites (tertiary alicyclic amines) is 1. The zero-order valence-electron chi connectivity index (χ0n) is 13.4. The van der Waals surface area contributed by atoms with Crippen LogP contribution < -0.4 is 0 Å². The largest absolute Gasteiger partial charge is 0.481 e. The smallest absolute Gasteiger partial charge is 0.320 e. The summed E-state index contributed by atoms with van der Waals surface area (Å²) in [5.74, 6) is -0.983. The highest BCUT2D eigenvalue weighted by atomic mass is 16.4. The Morgan fingerprint density at radius 3 is 2.08 bits per heavy atom. The summed E-state index contributed by atoms with van der Waals surface area (Å²) in [5, 5.41) is 9.01. The van der Waals surface area contributed by atoms with Crippen LogP contribution in [0.2, 0.25) is 0 Å². The lowest BCUT2D eigenvalue weighted by atomic mass is 9.97. The van der Waals surface area contributed by atoms with E-state index in [1.54, 1.807) is 26.8 Å². The molecule has 0 aromatic carbocycles. The van der Waals surface area contributed by atoms with Crippen LogP contribution in [0, 0.1) is 5.92 Å². The number of rotatable bonds is 2. The number of amides is 3. The molecule has 3 amide bonds. The highest BCUT2D eigenvalue weighted by Crippen LogP contribution is 2.19. The summed E-state index contributed by atoms with van der Waals surface area (Å²) < 4.78 is 5.12. The maximum absolute atomic E-state index is 12.5. The van der Waals surface area contributed by atoms with Crippen molar-refractivity contribution in [3.63, 3.8) is 0 Å². The number of carbonyl (C=O) groups is 3. The van der Waals surface area contributed by atoms with Crippen LogP contribution in [0.5, 0.6) is 0 Å². The summed E-state index contributed by atoms with van der Waals surface area (Å²) >= 11 is 0. The van der Waals surface area contributed by atoms with Gasteiger partial charge in [0.2, 0.25) is 0 Å². The third-order valence-electron chi connectivity index (χ3n) is 4.68. The Labute approximate surface area is 139 Å². The molecule has 8 heteroatoms. The summed E-state index contributed by atoms with van der Waals surface area (Å²) in [6.07, 6.45) is 2.46. The highest BCUT2D eigenvalue weighted by Gasteiger charge is 2.32. The van der Waals surface area contributed by atoms with E-state index in [9.17, 15) is 14.4 Å². The highest BCUT2D eigenvalue weighted by molar-refractivity contribution is 5.91. The molecule has 0 unspecified atom stereocenters. The molecule has 3 rings (SSSR count). The zero-order chi connectivity index (χ0) is 17.1. The Morgan fingerprint density at radius 1 is 0.958 bits per heavy atom. The summed E-state index contributed by atoms with van der Waals surface area (Å²) in [4.78, 5) is 40.8. The van der Waals surface area contributed by atoms with Crippen molar-refractivity contribution in [2.24, 2.45) is 5.92 Å². The topological polar surface area (TPSA) is 94.3 Å². The Balaban J connectivity index is 1.49. The average Bonchev–Trinajstić information content (AvgIpc) is 3.15. The maximum Gasteiger partial charge on any atom is 0.320 e. The van der Waals surface area contributed by atoms with E-state index in [0.29, 0.717) is 57.9 Å². The van der Waals surface area contributed by atoms with Gasteiger partial charge in [-0.15, -0.1) is 0 Å². The van der Waals surface area contributed by atoms with Gasteiger partial charge in [-0.2, -0.15) is 0 Å². The van der Waals surface area contributed by atoms with Crippen LogP contribution in [0.15, 0.2) is 22.8 Å². The SMILES string of the molecule is O=C(O)C1CCN(C(=O)N2CCN(C(=O)c3ccco3)CC2)CC1. The predicted molar refractivity (Wildman–Crippen MR) is 83.5 cm³/mol. The van der Waals surface area contributed by atoms with Crippen molar-refractivity contribution in [2.45, 2.75) is 12.8 Å². The normalized spacial score (nSPS) is 19.4. The molecule has 0 radical (unpaired) electrons. The molecule has 2 fully saturated rings. The van der Waals surface area contributed by atoms with E-state index in [1.807, 2.05) is 0 Å². The first-order valence-corrected chi connectivity index (χ1v) is 8.15. The number of piperazine rings is 1. The van der Waals surface area contributed by atoms with Gasteiger partial charge in [-0.3, -0.25) is 9.59 Å². The van der Waals surface area contributed by atoms with Gasteiger partial charge in [0.05, 0.1) is 12.2 Å². The number of carbonyl (C=O) groups excluding carboxylic acids is 2. The third kappa shape index (κ3) is 3.37. The molecule has 3 heterocycles. The van der Waals surface area contributed by atoms with Crippen LogP contribution in [-0.4, -0.2) is 77.0 Å². The second-order valence-corrected chi connectivity index (χ2v) is 6.14. The fraction of sp³-hybridized carbons (Fsp3) is 0.562. The van der Waals surface area contributed by atoms with Gasteiger partial charge >= 0.3 is 12.0 Å². The number of hydrogen-bond acceptors (Lipinski definition) is 4. The molecule has 0 aliphatic carbocycles. The Morgan fingerprint density at radius 2 is 1.54 bits per heavy atom. The van der Waals surface area contributed by atoms with Gasteiger partial charge in [0.1, 0.15) is 0 Å². The standard InChI is InChI=1S/C16H21N3O5/c20-14(13-2-1-11-24-13)17-7-9-19(10-8-17)16(23)18-5-3-12(4-6-18)15(21)22/h1-2,11-12H,3-10H2,(H,21,22).